The number of halogens is 1. The van der Waals surface area contributed by atoms with Crippen molar-refractivity contribution < 1.29 is 14.3 Å². The van der Waals surface area contributed by atoms with Crippen LogP contribution in [0.15, 0.2) is 24.3 Å². The van der Waals surface area contributed by atoms with E-state index in [-0.39, 0.29) is 12.0 Å². The van der Waals surface area contributed by atoms with Crippen molar-refractivity contribution in [2.45, 2.75) is 19.1 Å². The average Bonchev–Trinajstić information content (AvgIpc) is 2.54. The fourth-order valence-corrected chi connectivity index (χ4v) is 2.65. The van der Waals surface area contributed by atoms with E-state index in [2.05, 4.69) is 10.6 Å². The molecule has 1 heterocycles. The molecule has 22 heavy (non-hydrogen) atoms. The third-order valence-electron chi connectivity index (χ3n) is 3.74. The van der Waals surface area contributed by atoms with Crippen molar-refractivity contribution in [1.82, 2.24) is 15.5 Å². The summed E-state index contributed by atoms with van der Waals surface area (Å²) in [4.78, 5) is 25.3. The van der Waals surface area contributed by atoms with Crippen LogP contribution in [0, 0.1) is 0 Å². The van der Waals surface area contributed by atoms with Crippen LogP contribution in [0.5, 0.6) is 0 Å². The van der Waals surface area contributed by atoms with E-state index in [0.29, 0.717) is 24.7 Å². The van der Waals surface area contributed by atoms with Crippen LogP contribution in [0.1, 0.15) is 18.6 Å². The summed E-state index contributed by atoms with van der Waals surface area (Å²) in [6.07, 6.45) is -0.183. The van der Waals surface area contributed by atoms with E-state index >= 15 is 0 Å². The molecule has 0 bridgehead atoms. The molecule has 1 saturated heterocycles. The SMILES string of the molecule is CNC(=O)NC(=O)[C@H](C)N1CCO[C@H](c2ccccc2Cl)C1. The van der Waals surface area contributed by atoms with Crippen molar-refractivity contribution in [3.8, 4) is 0 Å². The number of hydrogen-bond acceptors (Lipinski definition) is 4. The van der Waals surface area contributed by atoms with E-state index in [1.165, 1.54) is 7.05 Å². The maximum absolute atomic E-state index is 12.0. The minimum absolute atomic E-state index is 0.183. The smallest absolute Gasteiger partial charge is 0.321 e. The van der Waals surface area contributed by atoms with Gasteiger partial charge in [-0.3, -0.25) is 15.0 Å². The first-order valence-electron chi connectivity index (χ1n) is 7.15. The highest BCUT2D eigenvalue weighted by molar-refractivity contribution is 6.31. The first kappa shape index (κ1) is 16.7. The maximum atomic E-state index is 12.0. The van der Waals surface area contributed by atoms with E-state index in [0.717, 1.165) is 5.56 Å². The second kappa shape index (κ2) is 7.58. The summed E-state index contributed by atoms with van der Waals surface area (Å²) in [6.45, 7) is 3.45. The molecule has 2 atom stereocenters. The van der Waals surface area contributed by atoms with E-state index in [9.17, 15) is 9.59 Å². The fraction of sp³-hybridized carbons (Fsp3) is 0.467. The Kier molecular flexibility index (Phi) is 5.76. The number of carbonyl (C=O) groups is 2. The lowest BCUT2D eigenvalue weighted by atomic mass is 10.1. The van der Waals surface area contributed by atoms with Gasteiger partial charge in [0.25, 0.3) is 0 Å². The lowest BCUT2D eigenvalue weighted by Crippen LogP contribution is -2.52. The van der Waals surface area contributed by atoms with Gasteiger partial charge in [0.05, 0.1) is 18.8 Å². The van der Waals surface area contributed by atoms with E-state index < -0.39 is 12.1 Å². The van der Waals surface area contributed by atoms with Crippen molar-refractivity contribution in [2.24, 2.45) is 0 Å². The van der Waals surface area contributed by atoms with E-state index in [1.54, 1.807) is 6.92 Å². The minimum atomic E-state index is -0.507. The zero-order valence-electron chi connectivity index (χ0n) is 12.6. The highest BCUT2D eigenvalue weighted by Gasteiger charge is 2.30. The van der Waals surface area contributed by atoms with Crippen molar-refractivity contribution in [3.63, 3.8) is 0 Å². The monoisotopic (exact) mass is 325 g/mol. The molecule has 0 saturated carbocycles. The number of nitrogens with zero attached hydrogens (tertiary/aromatic N) is 1. The van der Waals surface area contributed by atoms with Crippen LogP contribution in [-0.2, 0) is 9.53 Å². The quantitative estimate of drug-likeness (QED) is 0.884. The number of urea groups is 1. The van der Waals surface area contributed by atoms with Gasteiger partial charge in [0.15, 0.2) is 0 Å². The van der Waals surface area contributed by atoms with Gasteiger partial charge in [-0.2, -0.15) is 0 Å². The van der Waals surface area contributed by atoms with Gasteiger partial charge < -0.3 is 10.1 Å². The standard InChI is InChI=1S/C15H20ClN3O3/c1-10(14(20)18-15(21)17-2)19-7-8-22-13(9-19)11-5-3-4-6-12(11)16/h3-6,10,13H,7-9H2,1-2H3,(H2,17,18,20,21)/t10-,13-/m0/s1. The number of carbonyl (C=O) groups excluding carboxylic acids is 2. The Balaban J connectivity index is 2.02. The van der Waals surface area contributed by atoms with Crippen molar-refractivity contribution in [2.75, 3.05) is 26.7 Å². The van der Waals surface area contributed by atoms with Gasteiger partial charge in [-0.15, -0.1) is 0 Å². The number of benzene rings is 1. The summed E-state index contributed by atoms with van der Waals surface area (Å²) < 4.78 is 5.77. The van der Waals surface area contributed by atoms with Crippen molar-refractivity contribution in [3.05, 3.63) is 34.9 Å². The van der Waals surface area contributed by atoms with Gasteiger partial charge in [0, 0.05) is 30.7 Å². The first-order valence-corrected chi connectivity index (χ1v) is 7.53. The van der Waals surface area contributed by atoms with Gasteiger partial charge in [-0.05, 0) is 13.0 Å². The number of imide groups is 1. The molecule has 1 aliphatic rings. The molecule has 1 aromatic carbocycles. The molecular formula is C15H20ClN3O3. The number of hydrogen-bond donors (Lipinski definition) is 2. The third-order valence-corrected chi connectivity index (χ3v) is 4.09. The zero-order chi connectivity index (χ0) is 16.1. The summed E-state index contributed by atoms with van der Waals surface area (Å²) in [6, 6.07) is 6.59. The van der Waals surface area contributed by atoms with Crippen LogP contribution in [0.3, 0.4) is 0 Å². The Morgan fingerprint density at radius 3 is 2.82 bits per heavy atom. The van der Waals surface area contributed by atoms with E-state index in [1.807, 2.05) is 29.2 Å². The molecule has 6 nitrogen and oxygen atoms in total. The average molecular weight is 326 g/mol. The Labute approximate surface area is 134 Å². The lowest BCUT2D eigenvalue weighted by molar-refractivity contribution is -0.128. The molecule has 1 fully saturated rings. The van der Waals surface area contributed by atoms with Crippen LogP contribution in [-0.4, -0.2) is 49.6 Å². The molecule has 0 unspecified atom stereocenters. The number of rotatable bonds is 3. The highest BCUT2D eigenvalue weighted by Crippen LogP contribution is 2.28. The van der Waals surface area contributed by atoms with Gasteiger partial charge in [-0.1, -0.05) is 29.8 Å². The number of amides is 3. The highest BCUT2D eigenvalue weighted by atomic mass is 35.5. The Hall–Kier alpha value is -1.63. The number of nitrogens with one attached hydrogen (secondary N) is 2. The Morgan fingerprint density at radius 1 is 1.41 bits per heavy atom. The molecule has 2 rings (SSSR count). The molecule has 0 aromatic heterocycles. The van der Waals surface area contributed by atoms with Crippen LogP contribution in [0.25, 0.3) is 0 Å². The lowest BCUT2D eigenvalue weighted by Gasteiger charge is -2.36. The summed E-state index contributed by atoms with van der Waals surface area (Å²) in [5.74, 6) is -0.334. The Bertz CT molecular complexity index is 553. The van der Waals surface area contributed by atoms with Gasteiger partial charge in [0.2, 0.25) is 5.91 Å². The summed E-state index contributed by atoms with van der Waals surface area (Å²) in [7, 11) is 1.47. The Morgan fingerprint density at radius 2 is 2.14 bits per heavy atom. The van der Waals surface area contributed by atoms with Gasteiger partial charge in [0.1, 0.15) is 0 Å². The number of morpholine rings is 1. The van der Waals surface area contributed by atoms with Crippen molar-refractivity contribution in [1.29, 1.82) is 0 Å². The van der Waals surface area contributed by atoms with Crippen LogP contribution >= 0.6 is 11.6 Å². The topological polar surface area (TPSA) is 70.7 Å². The molecule has 2 N–H and O–H groups in total. The molecule has 0 aliphatic carbocycles. The second-order valence-electron chi connectivity index (χ2n) is 5.12. The van der Waals surface area contributed by atoms with Gasteiger partial charge in [-0.25, -0.2) is 4.79 Å². The molecule has 1 aliphatic heterocycles. The fourth-order valence-electron chi connectivity index (χ4n) is 2.39. The van der Waals surface area contributed by atoms with Gasteiger partial charge >= 0.3 is 6.03 Å². The summed E-state index contributed by atoms with van der Waals surface area (Å²) in [5, 5.41) is 5.31. The van der Waals surface area contributed by atoms with E-state index in [4.69, 9.17) is 16.3 Å². The normalized spacial score (nSPS) is 20.2. The zero-order valence-corrected chi connectivity index (χ0v) is 13.4. The molecule has 120 valence electrons. The molecule has 0 spiro atoms. The predicted octanol–water partition coefficient (Wildman–Crippen LogP) is 1.56. The predicted molar refractivity (Wildman–Crippen MR) is 83.8 cm³/mol. The largest absolute Gasteiger partial charge is 0.371 e. The minimum Gasteiger partial charge on any atom is -0.371 e. The number of ether oxygens (including phenoxy) is 1. The molecule has 3 amide bonds. The molecular weight excluding hydrogens is 306 g/mol. The van der Waals surface area contributed by atoms with Crippen LogP contribution < -0.4 is 10.6 Å². The molecule has 1 aromatic rings. The first-order chi connectivity index (χ1) is 10.5. The van der Waals surface area contributed by atoms with Crippen molar-refractivity contribution >= 4 is 23.5 Å². The second-order valence-corrected chi connectivity index (χ2v) is 5.53. The third kappa shape index (κ3) is 3.97. The maximum Gasteiger partial charge on any atom is 0.321 e. The van der Waals surface area contributed by atoms with Crippen LogP contribution in [0.4, 0.5) is 4.79 Å². The molecule has 0 radical (unpaired) electrons. The molecule has 7 heteroatoms. The summed E-state index contributed by atoms with van der Waals surface area (Å²) >= 11 is 6.20. The summed E-state index contributed by atoms with van der Waals surface area (Å²) in [5.41, 5.74) is 0.910. The van der Waals surface area contributed by atoms with Crippen LogP contribution in [0.2, 0.25) is 5.02 Å².